The third-order valence-corrected chi connectivity index (χ3v) is 4.68. The first-order chi connectivity index (χ1) is 12.3. The molecule has 26 heavy (non-hydrogen) atoms. The number of aliphatic hydroxyl groups is 1. The SMILES string of the molecule is Cc1cc(C)c(N(c2ccccc2)c2ccccc2C(C)(C)O)c(C)c1. The van der Waals surface area contributed by atoms with Crippen LogP contribution < -0.4 is 4.90 Å². The number of aryl methyl sites for hydroxylation is 3. The van der Waals surface area contributed by atoms with Crippen LogP contribution in [0.25, 0.3) is 0 Å². The smallest absolute Gasteiger partial charge is 0.0860 e. The van der Waals surface area contributed by atoms with Crippen molar-refractivity contribution in [3.8, 4) is 0 Å². The van der Waals surface area contributed by atoms with Crippen molar-refractivity contribution in [2.24, 2.45) is 0 Å². The summed E-state index contributed by atoms with van der Waals surface area (Å²) in [5.41, 5.74) is 6.92. The second-order valence-corrected chi connectivity index (χ2v) is 7.49. The van der Waals surface area contributed by atoms with Gasteiger partial charge in [0, 0.05) is 11.3 Å². The fraction of sp³-hybridized carbons (Fsp3) is 0.250. The standard InChI is InChI=1S/C24H27NO/c1-17-15-18(2)23(19(3)16-17)25(20-11-7-6-8-12-20)22-14-10-9-13-21(22)24(4,5)26/h6-16,26H,1-5H3. The second-order valence-electron chi connectivity index (χ2n) is 7.49. The highest BCUT2D eigenvalue weighted by Gasteiger charge is 2.25. The van der Waals surface area contributed by atoms with Crippen LogP contribution in [-0.2, 0) is 5.60 Å². The Hall–Kier alpha value is -2.58. The first kappa shape index (κ1) is 18.2. The summed E-state index contributed by atoms with van der Waals surface area (Å²) >= 11 is 0. The lowest BCUT2D eigenvalue weighted by atomic mass is 9.94. The van der Waals surface area contributed by atoms with Crippen LogP contribution in [0.4, 0.5) is 17.1 Å². The molecule has 0 aliphatic heterocycles. The van der Waals surface area contributed by atoms with Gasteiger partial charge in [-0.15, -0.1) is 0 Å². The van der Waals surface area contributed by atoms with E-state index in [2.05, 4.69) is 56.0 Å². The summed E-state index contributed by atoms with van der Waals surface area (Å²) in [7, 11) is 0. The quantitative estimate of drug-likeness (QED) is 0.599. The van der Waals surface area contributed by atoms with E-state index in [9.17, 15) is 5.11 Å². The number of nitrogens with zero attached hydrogens (tertiary/aromatic N) is 1. The maximum absolute atomic E-state index is 10.8. The number of benzene rings is 3. The van der Waals surface area contributed by atoms with Crippen LogP contribution in [0.3, 0.4) is 0 Å². The Balaban J connectivity index is 2.33. The minimum Gasteiger partial charge on any atom is -0.386 e. The molecule has 0 fully saturated rings. The first-order valence-corrected chi connectivity index (χ1v) is 9.04. The molecule has 0 saturated carbocycles. The van der Waals surface area contributed by atoms with E-state index in [-0.39, 0.29) is 0 Å². The van der Waals surface area contributed by atoms with Gasteiger partial charge in [0.05, 0.1) is 17.0 Å². The van der Waals surface area contributed by atoms with Crippen molar-refractivity contribution in [1.29, 1.82) is 0 Å². The molecule has 2 nitrogen and oxygen atoms in total. The zero-order valence-corrected chi connectivity index (χ0v) is 16.2. The van der Waals surface area contributed by atoms with Gasteiger partial charge in [0.25, 0.3) is 0 Å². The molecule has 0 spiro atoms. The maximum atomic E-state index is 10.8. The summed E-state index contributed by atoms with van der Waals surface area (Å²) in [6.45, 7) is 10.1. The lowest BCUT2D eigenvalue weighted by molar-refractivity contribution is 0.0792. The van der Waals surface area contributed by atoms with Crippen LogP contribution >= 0.6 is 0 Å². The van der Waals surface area contributed by atoms with Gasteiger partial charge in [-0.05, 0) is 63.9 Å². The molecule has 0 heterocycles. The predicted octanol–water partition coefficient (Wildman–Crippen LogP) is 6.31. The molecule has 0 aliphatic rings. The fourth-order valence-corrected chi connectivity index (χ4v) is 3.68. The molecule has 3 aromatic rings. The van der Waals surface area contributed by atoms with E-state index in [1.165, 1.54) is 22.4 Å². The van der Waals surface area contributed by atoms with Crippen LogP contribution in [-0.4, -0.2) is 5.11 Å². The van der Waals surface area contributed by atoms with E-state index in [4.69, 9.17) is 0 Å². The summed E-state index contributed by atoms with van der Waals surface area (Å²) in [6, 6.07) is 22.9. The maximum Gasteiger partial charge on any atom is 0.0860 e. The lowest BCUT2D eigenvalue weighted by Crippen LogP contribution is -2.22. The molecule has 0 saturated heterocycles. The molecule has 0 bridgehead atoms. The van der Waals surface area contributed by atoms with Crippen molar-refractivity contribution in [3.63, 3.8) is 0 Å². The van der Waals surface area contributed by atoms with Crippen LogP contribution in [0, 0.1) is 20.8 Å². The Morgan fingerprint density at radius 3 is 1.88 bits per heavy atom. The summed E-state index contributed by atoms with van der Waals surface area (Å²) < 4.78 is 0. The molecule has 134 valence electrons. The molecule has 1 N–H and O–H groups in total. The Bertz CT molecular complexity index is 884. The Morgan fingerprint density at radius 2 is 1.31 bits per heavy atom. The van der Waals surface area contributed by atoms with Crippen molar-refractivity contribution >= 4 is 17.1 Å². The van der Waals surface area contributed by atoms with E-state index >= 15 is 0 Å². The highest BCUT2D eigenvalue weighted by Crippen LogP contribution is 2.42. The monoisotopic (exact) mass is 345 g/mol. The van der Waals surface area contributed by atoms with Gasteiger partial charge in [0.15, 0.2) is 0 Å². The minimum atomic E-state index is -0.934. The van der Waals surface area contributed by atoms with Crippen LogP contribution in [0.5, 0.6) is 0 Å². The Labute approximate surface area is 156 Å². The topological polar surface area (TPSA) is 23.5 Å². The van der Waals surface area contributed by atoms with Gasteiger partial charge >= 0.3 is 0 Å². The molecular formula is C24H27NO. The van der Waals surface area contributed by atoms with E-state index in [0.29, 0.717) is 0 Å². The molecule has 0 unspecified atom stereocenters. The zero-order chi connectivity index (χ0) is 18.9. The van der Waals surface area contributed by atoms with E-state index in [1.807, 2.05) is 50.2 Å². The van der Waals surface area contributed by atoms with Gasteiger partial charge in [-0.25, -0.2) is 0 Å². The van der Waals surface area contributed by atoms with E-state index in [0.717, 1.165) is 16.9 Å². The molecule has 0 radical (unpaired) electrons. The highest BCUT2D eigenvalue weighted by atomic mass is 16.3. The molecule has 2 heteroatoms. The average Bonchev–Trinajstić information content (AvgIpc) is 2.58. The summed E-state index contributed by atoms with van der Waals surface area (Å²) in [5.74, 6) is 0. The number of para-hydroxylation sites is 2. The average molecular weight is 345 g/mol. The van der Waals surface area contributed by atoms with Crippen LogP contribution in [0.15, 0.2) is 66.7 Å². The largest absolute Gasteiger partial charge is 0.386 e. The highest BCUT2D eigenvalue weighted by molar-refractivity contribution is 5.82. The van der Waals surface area contributed by atoms with Crippen molar-refractivity contribution in [3.05, 3.63) is 89.0 Å². The van der Waals surface area contributed by atoms with Gasteiger partial charge in [-0.1, -0.05) is 54.1 Å². The van der Waals surface area contributed by atoms with E-state index in [1.54, 1.807) is 0 Å². The third-order valence-electron chi connectivity index (χ3n) is 4.68. The van der Waals surface area contributed by atoms with Crippen molar-refractivity contribution in [1.82, 2.24) is 0 Å². The van der Waals surface area contributed by atoms with Gasteiger partial charge in [0.1, 0.15) is 0 Å². The number of anilines is 3. The van der Waals surface area contributed by atoms with Crippen LogP contribution in [0.1, 0.15) is 36.1 Å². The van der Waals surface area contributed by atoms with Crippen LogP contribution in [0.2, 0.25) is 0 Å². The van der Waals surface area contributed by atoms with E-state index < -0.39 is 5.60 Å². The Morgan fingerprint density at radius 1 is 0.769 bits per heavy atom. The predicted molar refractivity (Wildman–Crippen MR) is 111 cm³/mol. The number of hydrogen-bond donors (Lipinski definition) is 1. The fourth-order valence-electron chi connectivity index (χ4n) is 3.68. The van der Waals surface area contributed by atoms with Gasteiger partial charge in [-0.2, -0.15) is 0 Å². The number of hydrogen-bond acceptors (Lipinski definition) is 2. The molecule has 0 amide bonds. The molecule has 3 rings (SSSR count). The summed E-state index contributed by atoms with van der Waals surface area (Å²) in [6.07, 6.45) is 0. The van der Waals surface area contributed by atoms with Crippen molar-refractivity contribution < 1.29 is 5.11 Å². The minimum absolute atomic E-state index is 0.906. The molecule has 3 aromatic carbocycles. The third kappa shape index (κ3) is 3.51. The second kappa shape index (κ2) is 6.97. The van der Waals surface area contributed by atoms with Gasteiger partial charge in [0.2, 0.25) is 0 Å². The zero-order valence-electron chi connectivity index (χ0n) is 16.2. The molecule has 0 aliphatic carbocycles. The van der Waals surface area contributed by atoms with Crippen molar-refractivity contribution in [2.45, 2.75) is 40.2 Å². The Kier molecular flexibility index (Phi) is 4.88. The first-order valence-electron chi connectivity index (χ1n) is 9.04. The molecule has 0 atom stereocenters. The number of rotatable bonds is 4. The summed E-state index contributed by atoms with van der Waals surface area (Å²) in [4.78, 5) is 2.26. The van der Waals surface area contributed by atoms with Gasteiger partial charge in [-0.3, -0.25) is 0 Å². The normalized spacial score (nSPS) is 11.5. The molecular weight excluding hydrogens is 318 g/mol. The van der Waals surface area contributed by atoms with Crippen molar-refractivity contribution in [2.75, 3.05) is 4.90 Å². The summed E-state index contributed by atoms with van der Waals surface area (Å²) in [5, 5.41) is 10.8. The van der Waals surface area contributed by atoms with Gasteiger partial charge < -0.3 is 10.0 Å². The molecule has 0 aromatic heterocycles. The lowest BCUT2D eigenvalue weighted by Gasteiger charge is -2.33.